The maximum atomic E-state index is 5.65. The van der Waals surface area contributed by atoms with Crippen molar-refractivity contribution in [2.24, 2.45) is 0 Å². The van der Waals surface area contributed by atoms with Crippen LogP contribution in [-0.2, 0) is 4.74 Å². The molecular formula is C13H13N3O2. The zero-order valence-electron chi connectivity index (χ0n) is 10.0. The van der Waals surface area contributed by atoms with E-state index in [2.05, 4.69) is 15.2 Å². The molecule has 3 aromatic rings. The van der Waals surface area contributed by atoms with Crippen molar-refractivity contribution in [3.05, 3.63) is 30.5 Å². The number of hydrogen-bond donors (Lipinski definition) is 1. The van der Waals surface area contributed by atoms with E-state index in [0.717, 1.165) is 21.8 Å². The second-order valence-corrected chi connectivity index (χ2v) is 3.94. The molecular weight excluding hydrogens is 230 g/mol. The number of benzene rings is 1. The second kappa shape index (κ2) is 4.62. The van der Waals surface area contributed by atoms with Crippen molar-refractivity contribution >= 4 is 21.8 Å². The molecule has 2 heterocycles. The highest BCUT2D eigenvalue weighted by Gasteiger charge is 2.09. The van der Waals surface area contributed by atoms with Crippen molar-refractivity contribution in [1.82, 2.24) is 15.2 Å². The molecule has 0 radical (unpaired) electrons. The molecule has 1 aromatic carbocycles. The number of rotatable bonds is 4. The van der Waals surface area contributed by atoms with Gasteiger partial charge in [-0.1, -0.05) is 18.2 Å². The quantitative estimate of drug-likeness (QED) is 0.713. The lowest BCUT2D eigenvalue weighted by atomic mass is 10.1. The predicted molar refractivity (Wildman–Crippen MR) is 68.8 cm³/mol. The van der Waals surface area contributed by atoms with Gasteiger partial charge >= 0.3 is 0 Å². The molecule has 92 valence electrons. The summed E-state index contributed by atoms with van der Waals surface area (Å²) < 4.78 is 10.6. The minimum atomic E-state index is 0.479. The van der Waals surface area contributed by atoms with E-state index in [0.29, 0.717) is 19.1 Å². The van der Waals surface area contributed by atoms with Crippen molar-refractivity contribution < 1.29 is 9.47 Å². The summed E-state index contributed by atoms with van der Waals surface area (Å²) in [6, 6.07) is 8.00. The first kappa shape index (κ1) is 11.0. The Kier molecular flexibility index (Phi) is 2.82. The summed E-state index contributed by atoms with van der Waals surface area (Å²) in [5, 5.41) is 9.97. The number of pyridine rings is 1. The summed E-state index contributed by atoms with van der Waals surface area (Å²) >= 11 is 0. The summed E-state index contributed by atoms with van der Waals surface area (Å²) in [5.74, 6) is 0.611. The Bertz CT molecular complexity index is 678. The largest absolute Gasteiger partial charge is 0.475 e. The summed E-state index contributed by atoms with van der Waals surface area (Å²) in [4.78, 5) is 4.44. The molecule has 5 heteroatoms. The molecule has 18 heavy (non-hydrogen) atoms. The zero-order valence-corrected chi connectivity index (χ0v) is 10.0. The van der Waals surface area contributed by atoms with Crippen LogP contribution in [-0.4, -0.2) is 35.5 Å². The first-order valence-electron chi connectivity index (χ1n) is 5.73. The van der Waals surface area contributed by atoms with Crippen LogP contribution >= 0.6 is 0 Å². The third kappa shape index (κ3) is 1.78. The first-order chi connectivity index (χ1) is 8.90. The maximum absolute atomic E-state index is 5.65. The van der Waals surface area contributed by atoms with E-state index < -0.39 is 0 Å². The molecule has 3 rings (SSSR count). The van der Waals surface area contributed by atoms with E-state index in [4.69, 9.17) is 9.47 Å². The van der Waals surface area contributed by atoms with Gasteiger partial charge in [-0.15, -0.1) is 0 Å². The van der Waals surface area contributed by atoms with Gasteiger partial charge in [-0.3, -0.25) is 5.10 Å². The summed E-state index contributed by atoms with van der Waals surface area (Å²) in [6.45, 7) is 1.02. The highest BCUT2D eigenvalue weighted by molar-refractivity contribution is 6.06. The lowest BCUT2D eigenvalue weighted by Gasteiger charge is -2.08. The molecule has 2 aromatic heterocycles. The molecule has 0 spiro atoms. The fourth-order valence-corrected chi connectivity index (χ4v) is 1.96. The second-order valence-electron chi connectivity index (χ2n) is 3.94. The number of nitrogens with one attached hydrogen (secondary N) is 1. The molecule has 0 saturated heterocycles. The molecule has 0 atom stereocenters. The number of fused-ring (bicyclic) bond motifs is 3. The van der Waals surface area contributed by atoms with Crippen molar-refractivity contribution in [1.29, 1.82) is 0 Å². The van der Waals surface area contributed by atoms with E-state index >= 15 is 0 Å². The van der Waals surface area contributed by atoms with Gasteiger partial charge in [-0.2, -0.15) is 10.1 Å². The van der Waals surface area contributed by atoms with Crippen LogP contribution in [0.1, 0.15) is 0 Å². The topological polar surface area (TPSA) is 60.0 Å². The van der Waals surface area contributed by atoms with E-state index in [9.17, 15) is 0 Å². The van der Waals surface area contributed by atoms with Crippen LogP contribution in [0.2, 0.25) is 0 Å². The first-order valence-corrected chi connectivity index (χ1v) is 5.73. The van der Waals surface area contributed by atoms with Gasteiger partial charge in [0.05, 0.1) is 12.8 Å². The van der Waals surface area contributed by atoms with Crippen LogP contribution in [0.5, 0.6) is 5.88 Å². The molecule has 0 saturated carbocycles. The molecule has 0 unspecified atom stereocenters. The Morgan fingerprint density at radius 3 is 2.78 bits per heavy atom. The Morgan fingerprint density at radius 1 is 1.11 bits per heavy atom. The molecule has 1 N–H and O–H groups in total. The van der Waals surface area contributed by atoms with Gasteiger partial charge in [0.25, 0.3) is 0 Å². The SMILES string of the molecule is COCCOc1nc2[nH]ncc2c2ccccc12. The normalized spacial score (nSPS) is 11.2. The number of hydrogen-bond acceptors (Lipinski definition) is 4. The molecule has 0 aliphatic heterocycles. The predicted octanol–water partition coefficient (Wildman–Crippen LogP) is 2.14. The van der Waals surface area contributed by atoms with Gasteiger partial charge in [-0.25, -0.2) is 0 Å². The lowest BCUT2D eigenvalue weighted by molar-refractivity contribution is 0.145. The van der Waals surface area contributed by atoms with Crippen LogP contribution in [0, 0.1) is 0 Å². The number of H-pyrrole nitrogens is 1. The van der Waals surface area contributed by atoms with Gasteiger partial charge in [0.15, 0.2) is 5.65 Å². The number of aromatic nitrogens is 3. The smallest absolute Gasteiger partial charge is 0.223 e. The Hall–Kier alpha value is -2.14. The Balaban J connectivity index is 2.14. The fourth-order valence-electron chi connectivity index (χ4n) is 1.96. The standard InChI is InChI=1S/C13H13N3O2/c1-17-6-7-18-13-10-5-3-2-4-9(10)11-8-14-16-12(11)15-13/h2-5,8H,6-7H2,1H3,(H,14,15,16). The highest BCUT2D eigenvalue weighted by atomic mass is 16.5. The van der Waals surface area contributed by atoms with Crippen molar-refractivity contribution in [3.63, 3.8) is 0 Å². The highest BCUT2D eigenvalue weighted by Crippen LogP contribution is 2.29. The van der Waals surface area contributed by atoms with E-state index in [1.54, 1.807) is 13.3 Å². The van der Waals surface area contributed by atoms with Gasteiger partial charge in [0, 0.05) is 17.9 Å². The van der Waals surface area contributed by atoms with E-state index in [1.807, 2.05) is 24.3 Å². The number of aromatic amines is 1. The van der Waals surface area contributed by atoms with E-state index in [1.165, 1.54) is 0 Å². The number of ether oxygens (including phenoxy) is 2. The molecule has 0 bridgehead atoms. The lowest BCUT2D eigenvalue weighted by Crippen LogP contribution is -2.05. The monoisotopic (exact) mass is 243 g/mol. The average molecular weight is 243 g/mol. The summed E-state index contributed by atoms with van der Waals surface area (Å²) in [6.07, 6.45) is 1.78. The molecule has 5 nitrogen and oxygen atoms in total. The van der Waals surface area contributed by atoms with Gasteiger partial charge < -0.3 is 9.47 Å². The van der Waals surface area contributed by atoms with Crippen molar-refractivity contribution in [3.8, 4) is 5.88 Å². The van der Waals surface area contributed by atoms with Crippen LogP contribution < -0.4 is 4.74 Å². The van der Waals surface area contributed by atoms with Gasteiger partial charge in [-0.05, 0) is 11.5 Å². The van der Waals surface area contributed by atoms with Gasteiger partial charge in [0.2, 0.25) is 5.88 Å². The van der Waals surface area contributed by atoms with Crippen LogP contribution in [0.25, 0.3) is 21.8 Å². The minimum absolute atomic E-state index is 0.479. The Labute approximate surface area is 104 Å². The molecule has 0 aliphatic rings. The third-order valence-electron chi connectivity index (χ3n) is 2.81. The minimum Gasteiger partial charge on any atom is -0.475 e. The molecule has 0 fully saturated rings. The Morgan fingerprint density at radius 2 is 1.94 bits per heavy atom. The summed E-state index contributed by atoms with van der Waals surface area (Å²) in [7, 11) is 1.65. The van der Waals surface area contributed by atoms with Crippen LogP contribution in [0.3, 0.4) is 0 Å². The molecule has 0 aliphatic carbocycles. The third-order valence-corrected chi connectivity index (χ3v) is 2.81. The fraction of sp³-hybridized carbons (Fsp3) is 0.231. The number of methoxy groups -OCH3 is 1. The maximum Gasteiger partial charge on any atom is 0.223 e. The summed E-state index contributed by atoms with van der Waals surface area (Å²) in [5.41, 5.74) is 0.737. The van der Waals surface area contributed by atoms with E-state index in [-0.39, 0.29) is 0 Å². The van der Waals surface area contributed by atoms with Gasteiger partial charge in [0.1, 0.15) is 6.61 Å². The number of nitrogens with zero attached hydrogens (tertiary/aromatic N) is 2. The molecule has 0 amide bonds. The van der Waals surface area contributed by atoms with Crippen LogP contribution in [0.4, 0.5) is 0 Å². The van der Waals surface area contributed by atoms with Crippen LogP contribution in [0.15, 0.2) is 30.5 Å². The van der Waals surface area contributed by atoms with Crippen molar-refractivity contribution in [2.45, 2.75) is 0 Å². The van der Waals surface area contributed by atoms with Crippen molar-refractivity contribution in [2.75, 3.05) is 20.3 Å². The average Bonchev–Trinajstić information content (AvgIpc) is 2.87. The zero-order chi connectivity index (χ0) is 12.4.